The van der Waals surface area contributed by atoms with Gasteiger partial charge < -0.3 is 15.0 Å². The zero-order valence-electron chi connectivity index (χ0n) is 11.1. The molecule has 1 fully saturated rings. The molecule has 1 aliphatic rings. The number of ether oxygens (including phenoxy) is 1. The lowest BCUT2D eigenvalue weighted by atomic mass is 10.2. The Morgan fingerprint density at radius 1 is 1.68 bits per heavy atom. The molecule has 0 spiro atoms. The summed E-state index contributed by atoms with van der Waals surface area (Å²) in [5, 5.41) is 3.26. The number of nitrogens with one attached hydrogen (secondary N) is 1. The van der Waals surface area contributed by atoms with Crippen molar-refractivity contribution >= 4 is 17.5 Å². The number of aryl methyl sites for hydroxylation is 1. The molecule has 1 saturated heterocycles. The average Bonchev–Trinajstić information content (AvgIpc) is 2.36. The molecule has 1 amide bonds. The van der Waals surface area contributed by atoms with Crippen molar-refractivity contribution in [2.24, 2.45) is 0 Å². The molecule has 0 radical (unpaired) electrons. The van der Waals surface area contributed by atoms with E-state index in [0.29, 0.717) is 23.7 Å². The van der Waals surface area contributed by atoms with Gasteiger partial charge in [0.2, 0.25) is 0 Å². The molecule has 1 unspecified atom stereocenters. The maximum Gasteiger partial charge on any atom is 0.254 e. The number of carbonyl (C=O) groups is 1. The molecule has 1 atom stereocenters. The lowest BCUT2D eigenvalue weighted by Crippen LogP contribution is -2.45. The SMILES string of the molecule is Cc1cc(Cl)c(C(=O)NCC2CN(C)CCO2)cn1. The van der Waals surface area contributed by atoms with Gasteiger partial charge in [-0.1, -0.05) is 11.6 Å². The summed E-state index contributed by atoms with van der Waals surface area (Å²) in [5.41, 5.74) is 1.19. The molecule has 6 heteroatoms. The van der Waals surface area contributed by atoms with Crippen LogP contribution in [-0.2, 0) is 4.74 Å². The Hall–Kier alpha value is -1.17. The van der Waals surface area contributed by atoms with Crippen LogP contribution < -0.4 is 5.32 Å². The number of hydrogen-bond acceptors (Lipinski definition) is 4. The number of rotatable bonds is 3. The summed E-state index contributed by atoms with van der Waals surface area (Å²) in [6.45, 7) is 4.76. The number of aromatic nitrogens is 1. The molecule has 1 N–H and O–H groups in total. The van der Waals surface area contributed by atoms with Crippen LogP contribution in [0.4, 0.5) is 0 Å². The third-order valence-corrected chi connectivity index (χ3v) is 3.38. The molecule has 2 rings (SSSR count). The standard InChI is InChI=1S/C13H18ClN3O2/c1-9-5-12(14)11(7-15-9)13(18)16-6-10-8-17(2)3-4-19-10/h5,7,10H,3-4,6,8H2,1-2H3,(H,16,18). The second-order valence-corrected chi connectivity index (χ2v) is 5.18. The van der Waals surface area contributed by atoms with Gasteiger partial charge >= 0.3 is 0 Å². The first-order valence-electron chi connectivity index (χ1n) is 6.27. The molecule has 19 heavy (non-hydrogen) atoms. The fourth-order valence-corrected chi connectivity index (χ4v) is 2.28. The van der Waals surface area contributed by atoms with Crippen LogP contribution >= 0.6 is 11.6 Å². The highest BCUT2D eigenvalue weighted by Crippen LogP contribution is 2.15. The maximum atomic E-state index is 12.0. The number of halogens is 1. The summed E-state index contributed by atoms with van der Waals surface area (Å²) in [5.74, 6) is -0.214. The van der Waals surface area contributed by atoms with Crippen LogP contribution in [0.5, 0.6) is 0 Å². The van der Waals surface area contributed by atoms with Crippen molar-refractivity contribution in [2.75, 3.05) is 33.3 Å². The van der Waals surface area contributed by atoms with Gasteiger partial charge in [0.1, 0.15) is 0 Å². The van der Waals surface area contributed by atoms with Gasteiger partial charge in [0.05, 0.1) is 23.3 Å². The van der Waals surface area contributed by atoms with Crippen LogP contribution in [0.3, 0.4) is 0 Å². The van der Waals surface area contributed by atoms with E-state index in [1.54, 1.807) is 6.07 Å². The molecule has 104 valence electrons. The van der Waals surface area contributed by atoms with Gasteiger partial charge in [-0.15, -0.1) is 0 Å². The molecule has 0 saturated carbocycles. The van der Waals surface area contributed by atoms with E-state index in [2.05, 4.69) is 15.2 Å². The Kier molecular flexibility index (Phi) is 4.74. The third-order valence-electron chi connectivity index (χ3n) is 3.07. The quantitative estimate of drug-likeness (QED) is 0.903. The number of morpholine rings is 1. The number of hydrogen-bond donors (Lipinski definition) is 1. The summed E-state index contributed by atoms with van der Waals surface area (Å²) in [6, 6.07) is 1.68. The molecular weight excluding hydrogens is 266 g/mol. The van der Waals surface area contributed by atoms with Crippen molar-refractivity contribution in [2.45, 2.75) is 13.0 Å². The molecule has 1 aromatic rings. The van der Waals surface area contributed by atoms with E-state index in [4.69, 9.17) is 16.3 Å². The predicted octanol–water partition coefficient (Wildman–Crippen LogP) is 1.10. The normalized spacial score (nSPS) is 20.3. The fraction of sp³-hybridized carbons (Fsp3) is 0.538. The van der Waals surface area contributed by atoms with Gasteiger partial charge in [0.25, 0.3) is 5.91 Å². The van der Waals surface area contributed by atoms with E-state index in [1.165, 1.54) is 6.20 Å². The van der Waals surface area contributed by atoms with E-state index in [0.717, 1.165) is 18.8 Å². The predicted molar refractivity (Wildman–Crippen MR) is 73.6 cm³/mol. The van der Waals surface area contributed by atoms with Crippen molar-refractivity contribution in [3.05, 3.63) is 28.5 Å². The highest BCUT2D eigenvalue weighted by molar-refractivity contribution is 6.33. The Labute approximate surface area is 117 Å². The van der Waals surface area contributed by atoms with E-state index < -0.39 is 0 Å². The van der Waals surface area contributed by atoms with Crippen molar-refractivity contribution in [3.8, 4) is 0 Å². The zero-order valence-corrected chi connectivity index (χ0v) is 11.9. The van der Waals surface area contributed by atoms with Gasteiger partial charge in [-0.2, -0.15) is 0 Å². The van der Waals surface area contributed by atoms with Gasteiger partial charge in [-0.25, -0.2) is 0 Å². The van der Waals surface area contributed by atoms with Crippen molar-refractivity contribution < 1.29 is 9.53 Å². The highest BCUT2D eigenvalue weighted by atomic mass is 35.5. The minimum Gasteiger partial charge on any atom is -0.374 e. The first-order chi connectivity index (χ1) is 9.06. The molecular formula is C13H18ClN3O2. The van der Waals surface area contributed by atoms with E-state index in [9.17, 15) is 4.79 Å². The fourth-order valence-electron chi connectivity index (χ4n) is 1.99. The number of likely N-dealkylation sites (N-methyl/N-ethyl adjacent to an activating group) is 1. The van der Waals surface area contributed by atoms with Crippen LogP contribution in [0.15, 0.2) is 12.3 Å². The largest absolute Gasteiger partial charge is 0.374 e. The minimum absolute atomic E-state index is 0.0277. The summed E-state index contributed by atoms with van der Waals surface area (Å²) in [7, 11) is 2.04. The third kappa shape index (κ3) is 3.89. The van der Waals surface area contributed by atoms with Gasteiger partial charge in [-0.3, -0.25) is 9.78 Å². The Morgan fingerprint density at radius 3 is 3.16 bits per heavy atom. The van der Waals surface area contributed by atoms with Crippen LogP contribution in [-0.4, -0.2) is 55.2 Å². The monoisotopic (exact) mass is 283 g/mol. The van der Waals surface area contributed by atoms with E-state index in [1.807, 2.05) is 14.0 Å². The van der Waals surface area contributed by atoms with Crippen LogP contribution in [0.2, 0.25) is 5.02 Å². The number of carbonyl (C=O) groups excluding carboxylic acids is 1. The number of amides is 1. The molecule has 5 nitrogen and oxygen atoms in total. The lowest BCUT2D eigenvalue weighted by molar-refractivity contribution is -0.0175. The molecule has 0 aromatic carbocycles. The van der Waals surface area contributed by atoms with E-state index >= 15 is 0 Å². The van der Waals surface area contributed by atoms with Crippen LogP contribution in [0.1, 0.15) is 16.1 Å². The topological polar surface area (TPSA) is 54.5 Å². The summed E-state index contributed by atoms with van der Waals surface area (Å²) >= 11 is 6.03. The van der Waals surface area contributed by atoms with Crippen LogP contribution in [0, 0.1) is 6.92 Å². The lowest BCUT2D eigenvalue weighted by Gasteiger charge is -2.30. The van der Waals surface area contributed by atoms with Crippen molar-refractivity contribution in [1.82, 2.24) is 15.2 Å². The number of nitrogens with zero attached hydrogens (tertiary/aromatic N) is 2. The van der Waals surface area contributed by atoms with E-state index in [-0.39, 0.29) is 12.0 Å². The average molecular weight is 284 g/mol. The first-order valence-corrected chi connectivity index (χ1v) is 6.64. The summed E-state index contributed by atoms with van der Waals surface area (Å²) in [4.78, 5) is 18.3. The smallest absolute Gasteiger partial charge is 0.254 e. The maximum absolute atomic E-state index is 12.0. The van der Waals surface area contributed by atoms with Gasteiger partial charge in [0.15, 0.2) is 0 Å². The van der Waals surface area contributed by atoms with Gasteiger partial charge in [-0.05, 0) is 20.0 Å². The Balaban J connectivity index is 1.90. The number of pyridine rings is 1. The summed E-state index contributed by atoms with van der Waals surface area (Å²) < 4.78 is 5.58. The Bertz CT molecular complexity index is 467. The molecule has 2 heterocycles. The molecule has 0 bridgehead atoms. The van der Waals surface area contributed by atoms with Crippen molar-refractivity contribution in [1.29, 1.82) is 0 Å². The molecule has 0 aliphatic carbocycles. The molecule has 1 aliphatic heterocycles. The Morgan fingerprint density at radius 2 is 2.47 bits per heavy atom. The van der Waals surface area contributed by atoms with Crippen molar-refractivity contribution in [3.63, 3.8) is 0 Å². The second-order valence-electron chi connectivity index (χ2n) is 4.77. The second kappa shape index (κ2) is 6.32. The molecule has 1 aromatic heterocycles. The van der Waals surface area contributed by atoms with Crippen LogP contribution in [0.25, 0.3) is 0 Å². The summed E-state index contributed by atoms with van der Waals surface area (Å²) in [6.07, 6.45) is 1.53. The van der Waals surface area contributed by atoms with Gasteiger partial charge in [0, 0.05) is 31.5 Å². The zero-order chi connectivity index (χ0) is 13.8. The highest BCUT2D eigenvalue weighted by Gasteiger charge is 2.19. The minimum atomic E-state index is -0.214. The first kappa shape index (κ1) is 14.2.